The molecule has 0 fully saturated rings. The monoisotopic (exact) mass is 324 g/mol. The highest BCUT2D eigenvalue weighted by Crippen LogP contribution is 2.27. The van der Waals surface area contributed by atoms with Crippen LogP contribution in [0.2, 0.25) is 0 Å². The fraction of sp³-hybridized carbons (Fsp3) is 0.214. The number of methoxy groups -OCH3 is 1. The van der Waals surface area contributed by atoms with Crippen molar-refractivity contribution in [1.82, 2.24) is 4.98 Å². The zero-order valence-electron chi connectivity index (χ0n) is 10.4. The van der Waals surface area contributed by atoms with Gasteiger partial charge in [0.1, 0.15) is 11.6 Å². The van der Waals surface area contributed by atoms with Crippen molar-refractivity contribution in [2.45, 2.75) is 12.5 Å². The number of hydrogen-bond donors (Lipinski definition) is 1. The number of nitrogens with two attached hydrogens (primary N) is 1. The molecule has 0 bridgehead atoms. The molecule has 0 amide bonds. The minimum Gasteiger partial charge on any atom is -0.497 e. The van der Waals surface area contributed by atoms with E-state index >= 15 is 0 Å². The Labute approximate surface area is 119 Å². The summed E-state index contributed by atoms with van der Waals surface area (Å²) in [5, 5.41) is 0. The molecule has 0 spiro atoms. The number of pyridine rings is 1. The first-order valence-electron chi connectivity index (χ1n) is 5.79. The topological polar surface area (TPSA) is 48.1 Å². The van der Waals surface area contributed by atoms with Crippen LogP contribution >= 0.6 is 15.9 Å². The minimum absolute atomic E-state index is 0.381. The van der Waals surface area contributed by atoms with E-state index in [0.717, 1.165) is 15.8 Å². The predicted molar refractivity (Wildman–Crippen MR) is 75.5 cm³/mol. The average Bonchev–Trinajstić information content (AvgIpc) is 2.41. The Balaban J connectivity index is 2.24. The van der Waals surface area contributed by atoms with Gasteiger partial charge < -0.3 is 10.5 Å². The van der Waals surface area contributed by atoms with E-state index in [1.165, 1.54) is 6.20 Å². The van der Waals surface area contributed by atoms with Crippen molar-refractivity contribution in [2.75, 3.05) is 7.11 Å². The molecule has 0 aliphatic heterocycles. The second-order valence-corrected chi connectivity index (χ2v) is 5.02. The maximum absolute atomic E-state index is 13.6. The minimum atomic E-state index is -0.425. The van der Waals surface area contributed by atoms with Crippen LogP contribution in [-0.4, -0.2) is 12.1 Å². The smallest absolute Gasteiger partial charge is 0.146 e. The highest BCUT2D eigenvalue weighted by atomic mass is 79.9. The summed E-state index contributed by atoms with van der Waals surface area (Å²) in [6, 6.07) is 6.82. The van der Waals surface area contributed by atoms with Gasteiger partial charge in [-0.2, -0.15) is 0 Å². The molecule has 1 aromatic carbocycles. The molecule has 1 aromatic heterocycles. The van der Waals surface area contributed by atoms with E-state index in [0.29, 0.717) is 12.0 Å². The number of nitrogens with zero attached hydrogens (tertiary/aromatic N) is 1. The van der Waals surface area contributed by atoms with E-state index in [1.807, 2.05) is 18.2 Å². The molecular formula is C14H14BrFN2O. The molecule has 1 heterocycles. The molecular weight excluding hydrogens is 311 g/mol. The van der Waals surface area contributed by atoms with Crippen molar-refractivity contribution >= 4 is 15.9 Å². The molecule has 0 aliphatic carbocycles. The third kappa shape index (κ3) is 3.30. The Bertz CT molecular complexity index is 577. The quantitative estimate of drug-likeness (QED) is 0.939. The fourth-order valence-electron chi connectivity index (χ4n) is 1.87. The maximum Gasteiger partial charge on any atom is 0.146 e. The van der Waals surface area contributed by atoms with Crippen LogP contribution in [-0.2, 0) is 6.42 Å². The number of aromatic nitrogens is 1. The van der Waals surface area contributed by atoms with E-state index in [-0.39, 0.29) is 5.82 Å². The molecule has 100 valence electrons. The van der Waals surface area contributed by atoms with Gasteiger partial charge in [0.05, 0.1) is 13.3 Å². The molecule has 0 aliphatic rings. The molecule has 5 heteroatoms. The zero-order valence-corrected chi connectivity index (χ0v) is 12.0. The van der Waals surface area contributed by atoms with Crippen molar-refractivity contribution in [3.05, 3.63) is 58.1 Å². The first-order chi connectivity index (χ1) is 9.11. The van der Waals surface area contributed by atoms with Crippen molar-refractivity contribution < 1.29 is 9.13 Å². The molecule has 3 nitrogen and oxygen atoms in total. The van der Waals surface area contributed by atoms with Gasteiger partial charge in [0.25, 0.3) is 0 Å². The summed E-state index contributed by atoms with van der Waals surface area (Å²) in [4.78, 5) is 3.72. The van der Waals surface area contributed by atoms with Crippen molar-refractivity contribution in [3.8, 4) is 5.75 Å². The third-order valence-electron chi connectivity index (χ3n) is 2.90. The fourth-order valence-corrected chi connectivity index (χ4v) is 2.28. The molecule has 2 N–H and O–H groups in total. The van der Waals surface area contributed by atoms with Crippen LogP contribution in [0.1, 0.15) is 17.2 Å². The molecule has 2 aromatic rings. The van der Waals surface area contributed by atoms with Crippen LogP contribution in [0.25, 0.3) is 0 Å². The van der Waals surface area contributed by atoms with Crippen molar-refractivity contribution in [2.24, 2.45) is 5.73 Å². The van der Waals surface area contributed by atoms with Gasteiger partial charge >= 0.3 is 0 Å². The standard InChI is InChI=1S/C14H14BrFN2O/c1-19-10-2-3-12(15)9(6-10)7-14(17)11-4-5-18-8-13(11)16/h2-6,8,14H,7,17H2,1H3. The van der Waals surface area contributed by atoms with E-state index in [1.54, 1.807) is 19.4 Å². The van der Waals surface area contributed by atoms with Gasteiger partial charge in [0.2, 0.25) is 0 Å². The van der Waals surface area contributed by atoms with Crippen LogP contribution in [0.15, 0.2) is 41.1 Å². The van der Waals surface area contributed by atoms with Gasteiger partial charge in [-0.15, -0.1) is 0 Å². The lowest BCUT2D eigenvalue weighted by molar-refractivity contribution is 0.414. The maximum atomic E-state index is 13.6. The van der Waals surface area contributed by atoms with Crippen LogP contribution in [0.3, 0.4) is 0 Å². The SMILES string of the molecule is COc1ccc(Br)c(CC(N)c2ccncc2F)c1. The van der Waals surface area contributed by atoms with E-state index in [4.69, 9.17) is 10.5 Å². The molecule has 0 saturated carbocycles. The Morgan fingerprint density at radius 1 is 1.42 bits per heavy atom. The van der Waals surface area contributed by atoms with Gasteiger partial charge in [0.15, 0.2) is 0 Å². The lowest BCUT2D eigenvalue weighted by Gasteiger charge is -2.14. The highest BCUT2D eigenvalue weighted by Gasteiger charge is 2.14. The summed E-state index contributed by atoms with van der Waals surface area (Å²) >= 11 is 3.46. The van der Waals surface area contributed by atoms with Crippen molar-refractivity contribution in [1.29, 1.82) is 0 Å². The van der Waals surface area contributed by atoms with Gasteiger partial charge in [-0.05, 0) is 36.2 Å². The Hall–Kier alpha value is -1.46. The zero-order chi connectivity index (χ0) is 13.8. The molecule has 0 saturated heterocycles. The van der Waals surface area contributed by atoms with Gasteiger partial charge in [0, 0.05) is 22.3 Å². The summed E-state index contributed by atoms with van der Waals surface area (Å²) < 4.78 is 19.7. The summed E-state index contributed by atoms with van der Waals surface area (Å²) in [5.74, 6) is 0.370. The van der Waals surface area contributed by atoms with Gasteiger partial charge in [-0.3, -0.25) is 4.98 Å². The van der Waals surface area contributed by atoms with E-state index in [2.05, 4.69) is 20.9 Å². The molecule has 2 rings (SSSR count). The highest BCUT2D eigenvalue weighted by molar-refractivity contribution is 9.10. The Morgan fingerprint density at radius 3 is 2.89 bits per heavy atom. The van der Waals surface area contributed by atoms with Crippen molar-refractivity contribution in [3.63, 3.8) is 0 Å². The first-order valence-corrected chi connectivity index (χ1v) is 6.58. The lowest BCUT2D eigenvalue weighted by atomic mass is 10.00. The van der Waals surface area contributed by atoms with E-state index < -0.39 is 6.04 Å². The summed E-state index contributed by atoms with van der Waals surface area (Å²) in [6.45, 7) is 0. The van der Waals surface area contributed by atoms with Crippen LogP contribution in [0, 0.1) is 5.82 Å². The second kappa shape index (κ2) is 6.12. The first kappa shape index (κ1) is 14.0. The average molecular weight is 325 g/mol. The summed E-state index contributed by atoms with van der Waals surface area (Å²) in [6.07, 6.45) is 3.23. The number of hydrogen-bond acceptors (Lipinski definition) is 3. The second-order valence-electron chi connectivity index (χ2n) is 4.17. The van der Waals surface area contributed by atoms with Crippen LogP contribution < -0.4 is 10.5 Å². The summed E-state index contributed by atoms with van der Waals surface area (Å²) in [5.41, 5.74) is 7.50. The molecule has 1 atom stereocenters. The lowest BCUT2D eigenvalue weighted by Crippen LogP contribution is -2.15. The number of benzene rings is 1. The van der Waals surface area contributed by atoms with Gasteiger partial charge in [-0.25, -0.2) is 4.39 Å². The summed E-state index contributed by atoms with van der Waals surface area (Å²) in [7, 11) is 1.61. The van der Waals surface area contributed by atoms with E-state index in [9.17, 15) is 4.39 Å². The normalized spacial score (nSPS) is 12.2. The largest absolute Gasteiger partial charge is 0.497 e. The number of ether oxygens (including phenoxy) is 1. The van der Waals surface area contributed by atoms with Crippen LogP contribution in [0.4, 0.5) is 4.39 Å². The number of halogens is 2. The molecule has 19 heavy (non-hydrogen) atoms. The molecule has 1 unspecified atom stereocenters. The molecule has 0 radical (unpaired) electrons. The van der Waals surface area contributed by atoms with Gasteiger partial charge in [-0.1, -0.05) is 15.9 Å². The Morgan fingerprint density at radius 2 is 2.21 bits per heavy atom. The predicted octanol–water partition coefficient (Wildman–Crippen LogP) is 3.23. The third-order valence-corrected chi connectivity index (χ3v) is 3.67. The van der Waals surface area contributed by atoms with Crippen LogP contribution in [0.5, 0.6) is 5.75 Å². The Kier molecular flexibility index (Phi) is 4.50. The number of rotatable bonds is 4.